The van der Waals surface area contributed by atoms with E-state index in [1.807, 2.05) is 46.3 Å². The first-order chi connectivity index (χ1) is 14.1. The quantitative estimate of drug-likeness (QED) is 0.627. The van der Waals surface area contributed by atoms with Crippen molar-refractivity contribution in [3.63, 3.8) is 0 Å². The van der Waals surface area contributed by atoms with E-state index >= 15 is 0 Å². The number of ether oxygens (including phenoxy) is 1. The molecule has 1 aromatic carbocycles. The molecule has 1 saturated heterocycles. The Balaban J connectivity index is 1.50. The van der Waals surface area contributed by atoms with E-state index in [-0.39, 0.29) is 5.91 Å². The summed E-state index contributed by atoms with van der Waals surface area (Å²) in [6.45, 7) is 6.72. The molecule has 0 radical (unpaired) electrons. The minimum atomic E-state index is -0.430. The molecule has 3 aromatic rings. The predicted molar refractivity (Wildman–Crippen MR) is 114 cm³/mol. The fourth-order valence-corrected chi connectivity index (χ4v) is 5.21. The van der Waals surface area contributed by atoms with E-state index < -0.39 is 5.60 Å². The van der Waals surface area contributed by atoms with Crippen molar-refractivity contribution in [1.82, 2.24) is 14.5 Å². The van der Waals surface area contributed by atoms with Crippen LogP contribution < -0.4 is 4.74 Å². The summed E-state index contributed by atoms with van der Waals surface area (Å²) in [4.78, 5) is 19.6. The lowest BCUT2D eigenvalue weighted by Gasteiger charge is -2.44. The first kappa shape index (κ1) is 18.4. The standard InChI is InChI=1S/C23H25N3O2S/c1-16(2)13-26-15-24-20-18-5-3-4-6-19(18)28-23(21(20)26)8-10-25(11-9-23)22(27)17-7-12-29-14-17/h3-7,12,14-16H,8-11,13H2,1-2H3. The third-order valence-electron chi connectivity index (χ3n) is 5.91. The zero-order chi connectivity index (χ0) is 20.0. The Morgan fingerprint density at radius 1 is 1.24 bits per heavy atom. The molecule has 0 unspecified atom stereocenters. The van der Waals surface area contributed by atoms with Crippen molar-refractivity contribution >= 4 is 17.2 Å². The molecule has 0 saturated carbocycles. The Morgan fingerprint density at radius 2 is 2.03 bits per heavy atom. The van der Waals surface area contributed by atoms with E-state index in [4.69, 9.17) is 9.72 Å². The maximum absolute atomic E-state index is 12.8. The van der Waals surface area contributed by atoms with Gasteiger partial charge in [-0.2, -0.15) is 11.3 Å². The number of fused-ring (bicyclic) bond motifs is 4. The number of aromatic nitrogens is 2. The van der Waals surface area contributed by atoms with Gasteiger partial charge in [0, 0.05) is 43.4 Å². The molecular formula is C23H25N3O2S. The summed E-state index contributed by atoms with van der Waals surface area (Å²) >= 11 is 1.56. The molecule has 0 aliphatic carbocycles. The van der Waals surface area contributed by atoms with Crippen LogP contribution >= 0.6 is 11.3 Å². The Kier molecular flexibility index (Phi) is 4.46. The summed E-state index contributed by atoms with van der Waals surface area (Å²) in [5.74, 6) is 1.53. The molecule has 1 fully saturated rings. The molecule has 2 aliphatic heterocycles. The van der Waals surface area contributed by atoms with Gasteiger partial charge in [-0.3, -0.25) is 4.79 Å². The number of rotatable bonds is 3. The number of nitrogens with zero attached hydrogens (tertiary/aromatic N) is 3. The summed E-state index contributed by atoms with van der Waals surface area (Å²) in [7, 11) is 0. The normalized spacial score (nSPS) is 17.1. The fraction of sp³-hybridized carbons (Fsp3) is 0.391. The number of piperidine rings is 1. The lowest BCUT2D eigenvalue weighted by atomic mass is 9.83. The van der Waals surface area contributed by atoms with Gasteiger partial charge in [-0.25, -0.2) is 4.98 Å². The van der Waals surface area contributed by atoms with Crippen LogP contribution in [0.15, 0.2) is 47.4 Å². The molecule has 150 valence electrons. The molecule has 1 spiro atoms. The van der Waals surface area contributed by atoms with Gasteiger partial charge in [0.2, 0.25) is 0 Å². The van der Waals surface area contributed by atoms with Gasteiger partial charge in [-0.15, -0.1) is 0 Å². The van der Waals surface area contributed by atoms with Crippen molar-refractivity contribution in [2.75, 3.05) is 13.1 Å². The van der Waals surface area contributed by atoms with Crippen molar-refractivity contribution < 1.29 is 9.53 Å². The van der Waals surface area contributed by atoms with Gasteiger partial charge in [-0.1, -0.05) is 26.0 Å². The highest BCUT2D eigenvalue weighted by atomic mass is 32.1. The van der Waals surface area contributed by atoms with E-state index in [2.05, 4.69) is 24.5 Å². The average Bonchev–Trinajstić information content (AvgIpc) is 3.39. The number of carbonyl (C=O) groups is 1. The van der Waals surface area contributed by atoms with Crippen LogP contribution in [0.25, 0.3) is 11.3 Å². The number of carbonyl (C=O) groups excluding carboxylic acids is 1. The average molecular weight is 408 g/mol. The van der Waals surface area contributed by atoms with Crippen molar-refractivity contribution in [2.45, 2.75) is 38.8 Å². The summed E-state index contributed by atoms with van der Waals surface area (Å²) < 4.78 is 8.96. The minimum Gasteiger partial charge on any atom is -0.480 e. The number of amides is 1. The second-order valence-corrected chi connectivity index (χ2v) is 9.16. The fourth-order valence-electron chi connectivity index (χ4n) is 4.58. The van der Waals surface area contributed by atoms with Gasteiger partial charge in [0.25, 0.3) is 5.91 Å². The van der Waals surface area contributed by atoms with Gasteiger partial charge in [0.15, 0.2) is 5.60 Å². The third kappa shape index (κ3) is 3.06. The van der Waals surface area contributed by atoms with Crippen LogP contribution in [0.4, 0.5) is 0 Å². The number of thiophene rings is 1. The van der Waals surface area contributed by atoms with Gasteiger partial charge in [0.1, 0.15) is 5.75 Å². The molecule has 5 nitrogen and oxygen atoms in total. The number of hydrogen-bond acceptors (Lipinski definition) is 4. The first-order valence-corrected chi connectivity index (χ1v) is 11.2. The summed E-state index contributed by atoms with van der Waals surface area (Å²) in [6, 6.07) is 10.1. The lowest BCUT2D eigenvalue weighted by Crippen LogP contribution is -2.50. The van der Waals surface area contributed by atoms with Crippen molar-refractivity contribution in [2.24, 2.45) is 5.92 Å². The molecule has 6 heteroatoms. The molecule has 4 heterocycles. The van der Waals surface area contributed by atoms with Gasteiger partial charge in [-0.05, 0) is 29.5 Å². The number of benzene rings is 1. The first-order valence-electron chi connectivity index (χ1n) is 10.2. The van der Waals surface area contributed by atoms with Crippen LogP contribution in [-0.2, 0) is 12.1 Å². The number of imidazole rings is 1. The smallest absolute Gasteiger partial charge is 0.254 e. The molecule has 1 amide bonds. The molecule has 29 heavy (non-hydrogen) atoms. The number of likely N-dealkylation sites (tertiary alicyclic amines) is 1. The zero-order valence-electron chi connectivity index (χ0n) is 16.8. The Bertz CT molecular complexity index is 1030. The van der Waals surface area contributed by atoms with E-state index in [1.165, 1.54) is 5.69 Å². The van der Waals surface area contributed by atoms with Crippen molar-refractivity contribution in [3.8, 4) is 17.0 Å². The minimum absolute atomic E-state index is 0.119. The molecule has 0 N–H and O–H groups in total. The Hall–Kier alpha value is -2.60. The SMILES string of the molecule is CC(C)Cn1cnc2c1C1(CCN(C(=O)c3ccsc3)CC1)Oc1ccccc1-2. The highest BCUT2D eigenvalue weighted by Gasteiger charge is 2.47. The summed E-state index contributed by atoms with van der Waals surface area (Å²) in [6.07, 6.45) is 3.50. The second kappa shape index (κ2) is 7.02. The van der Waals surface area contributed by atoms with Crippen molar-refractivity contribution in [1.29, 1.82) is 0 Å². The van der Waals surface area contributed by atoms with E-state index in [9.17, 15) is 4.79 Å². The van der Waals surface area contributed by atoms with Crippen LogP contribution in [0.3, 0.4) is 0 Å². The largest absolute Gasteiger partial charge is 0.480 e. The van der Waals surface area contributed by atoms with Crippen LogP contribution in [0, 0.1) is 5.92 Å². The van der Waals surface area contributed by atoms with Gasteiger partial charge in [0.05, 0.1) is 23.3 Å². The van der Waals surface area contributed by atoms with Crippen molar-refractivity contribution in [3.05, 3.63) is 58.7 Å². The maximum Gasteiger partial charge on any atom is 0.254 e. The van der Waals surface area contributed by atoms with Crippen LogP contribution in [0.5, 0.6) is 5.75 Å². The molecule has 2 aliphatic rings. The van der Waals surface area contributed by atoms with Crippen LogP contribution in [0.1, 0.15) is 42.7 Å². The van der Waals surface area contributed by atoms with E-state index in [1.54, 1.807) is 11.3 Å². The molecule has 0 atom stereocenters. The predicted octanol–water partition coefficient (Wildman–Crippen LogP) is 4.79. The van der Waals surface area contributed by atoms with E-state index in [0.29, 0.717) is 19.0 Å². The van der Waals surface area contributed by atoms with Gasteiger partial charge >= 0.3 is 0 Å². The zero-order valence-corrected chi connectivity index (χ0v) is 17.6. The summed E-state index contributed by atoms with van der Waals surface area (Å²) in [5.41, 5.74) is 3.62. The topological polar surface area (TPSA) is 47.4 Å². The number of hydrogen-bond donors (Lipinski definition) is 0. The Morgan fingerprint density at radius 3 is 2.76 bits per heavy atom. The van der Waals surface area contributed by atoms with E-state index in [0.717, 1.165) is 42.0 Å². The molecular weight excluding hydrogens is 382 g/mol. The lowest BCUT2D eigenvalue weighted by molar-refractivity contribution is -0.00757. The third-order valence-corrected chi connectivity index (χ3v) is 6.59. The molecule has 2 aromatic heterocycles. The molecule has 5 rings (SSSR count). The number of para-hydroxylation sites is 1. The molecule has 0 bridgehead atoms. The Labute approximate surface area is 174 Å². The highest BCUT2D eigenvalue weighted by Crippen LogP contribution is 2.49. The van der Waals surface area contributed by atoms with Crippen LogP contribution in [-0.4, -0.2) is 33.4 Å². The second-order valence-electron chi connectivity index (χ2n) is 8.38. The monoisotopic (exact) mass is 407 g/mol. The highest BCUT2D eigenvalue weighted by molar-refractivity contribution is 7.08. The maximum atomic E-state index is 12.8. The van der Waals surface area contributed by atoms with Crippen LogP contribution in [0.2, 0.25) is 0 Å². The summed E-state index contributed by atoms with van der Waals surface area (Å²) in [5, 5.41) is 3.88. The van der Waals surface area contributed by atoms with Gasteiger partial charge < -0.3 is 14.2 Å².